The van der Waals surface area contributed by atoms with E-state index in [0.717, 1.165) is 0 Å². The van der Waals surface area contributed by atoms with Crippen molar-refractivity contribution in [1.29, 1.82) is 0 Å². The molecule has 3 rings (SSSR count). The van der Waals surface area contributed by atoms with Gasteiger partial charge in [0, 0.05) is 17.7 Å². The Hall–Kier alpha value is -2.89. The lowest BCUT2D eigenvalue weighted by atomic mass is 10.1. The van der Waals surface area contributed by atoms with Crippen LogP contribution in [-0.2, 0) is 9.53 Å². The number of hydrogen-bond acceptors (Lipinski definition) is 5. The Morgan fingerprint density at radius 3 is 2.65 bits per heavy atom. The molecule has 118 valence electrons. The van der Waals surface area contributed by atoms with Crippen LogP contribution in [0.15, 0.2) is 47.1 Å². The summed E-state index contributed by atoms with van der Waals surface area (Å²) in [6, 6.07) is 9.01. The third kappa shape index (κ3) is 2.88. The molecule has 6 heteroatoms. The largest absolute Gasteiger partial charge is 0.464 e. The number of furan rings is 1. The highest BCUT2D eigenvalue weighted by atomic mass is 16.5. The Bertz CT molecular complexity index is 750. The van der Waals surface area contributed by atoms with E-state index in [-0.39, 0.29) is 18.2 Å². The third-order valence-electron chi connectivity index (χ3n) is 3.70. The average Bonchev–Trinajstić information content (AvgIpc) is 3.20. The van der Waals surface area contributed by atoms with Crippen molar-refractivity contribution >= 4 is 23.3 Å². The van der Waals surface area contributed by atoms with Crippen molar-refractivity contribution in [2.75, 3.05) is 11.5 Å². The molecule has 23 heavy (non-hydrogen) atoms. The fourth-order valence-corrected chi connectivity index (χ4v) is 2.55. The smallest absolute Gasteiger partial charge is 0.329 e. The fourth-order valence-electron chi connectivity index (χ4n) is 2.55. The van der Waals surface area contributed by atoms with Crippen LogP contribution in [0.4, 0.5) is 5.69 Å². The lowest BCUT2D eigenvalue weighted by molar-refractivity contribution is -0.139. The highest BCUT2D eigenvalue weighted by Gasteiger charge is 2.37. The van der Waals surface area contributed by atoms with Crippen molar-refractivity contribution in [3.8, 4) is 0 Å². The molecule has 2 aromatic rings. The second-order valence-corrected chi connectivity index (χ2v) is 5.23. The molecule has 1 unspecified atom stereocenters. The van der Waals surface area contributed by atoms with E-state index in [2.05, 4.69) is 0 Å². The summed E-state index contributed by atoms with van der Waals surface area (Å²) in [6.45, 7) is 1.71. The number of Topliss-reactive ketones (excluding diaryl/α,β-unsaturated/α-hetero) is 1. The van der Waals surface area contributed by atoms with E-state index in [4.69, 9.17) is 9.15 Å². The van der Waals surface area contributed by atoms with Crippen LogP contribution in [0.1, 0.15) is 34.3 Å². The van der Waals surface area contributed by atoms with E-state index in [1.807, 2.05) is 0 Å². The van der Waals surface area contributed by atoms with Crippen molar-refractivity contribution in [1.82, 2.24) is 0 Å². The number of esters is 1. The molecule has 1 aromatic heterocycles. The van der Waals surface area contributed by atoms with Gasteiger partial charge in [0.15, 0.2) is 11.5 Å². The number of hydrogen-bond donors (Lipinski definition) is 0. The molecule has 1 saturated heterocycles. The number of carbonyl (C=O) groups is 3. The predicted molar refractivity (Wildman–Crippen MR) is 81.3 cm³/mol. The van der Waals surface area contributed by atoms with Crippen molar-refractivity contribution in [2.45, 2.75) is 19.4 Å². The maximum Gasteiger partial charge on any atom is 0.329 e. The van der Waals surface area contributed by atoms with Gasteiger partial charge in [-0.3, -0.25) is 14.5 Å². The maximum absolute atomic E-state index is 12.8. The SMILES string of the molecule is CC(=O)c1cccc(N(C(=O)c2ccco2)C2CCOC2=O)c1. The highest BCUT2D eigenvalue weighted by Crippen LogP contribution is 2.26. The van der Waals surface area contributed by atoms with Gasteiger partial charge in [0.05, 0.1) is 12.9 Å². The van der Waals surface area contributed by atoms with Crippen LogP contribution < -0.4 is 4.90 Å². The molecule has 1 amide bonds. The van der Waals surface area contributed by atoms with E-state index in [9.17, 15) is 14.4 Å². The number of ether oxygens (including phenoxy) is 1. The number of ketones is 1. The van der Waals surface area contributed by atoms with Crippen molar-refractivity contribution in [3.05, 3.63) is 54.0 Å². The van der Waals surface area contributed by atoms with Crippen LogP contribution in [0.5, 0.6) is 0 Å². The third-order valence-corrected chi connectivity index (χ3v) is 3.70. The molecule has 1 atom stereocenters. The van der Waals surface area contributed by atoms with Crippen LogP contribution in [0, 0.1) is 0 Å². The molecule has 0 bridgehead atoms. The maximum atomic E-state index is 12.8. The molecule has 6 nitrogen and oxygen atoms in total. The Morgan fingerprint density at radius 1 is 1.22 bits per heavy atom. The molecule has 1 aliphatic heterocycles. The van der Waals surface area contributed by atoms with Gasteiger partial charge in [0.2, 0.25) is 0 Å². The zero-order valence-corrected chi connectivity index (χ0v) is 12.5. The molecule has 0 N–H and O–H groups in total. The van der Waals surface area contributed by atoms with Gasteiger partial charge >= 0.3 is 5.97 Å². The van der Waals surface area contributed by atoms with Gasteiger partial charge in [0.1, 0.15) is 6.04 Å². The molecular formula is C17H15NO5. The summed E-state index contributed by atoms with van der Waals surface area (Å²) >= 11 is 0. The van der Waals surface area contributed by atoms with Crippen LogP contribution in [0.25, 0.3) is 0 Å². The summed E-state index contributed by atoms with van der Waals surface area (Å²) < 4.78 is 10.1. The highest BCUT2D eigenvalue weighted by molar-refractivity contribution is 6.08. The van der Waals surface area contributed by atoms with E-state index < -0.39 is 17.9 Å². The fraction of sp³-hybridized carbons (Fsp3) is 0.235. The van der Waals surface area contributed by atoms with Crippen LogP contribution in [-0.4, -0.2) is 30.3 Å². The standard InChI is InChI=1S/C17H15NO5/c1-11(19)12-4-2-5-13(10-12)18(14-7-9-23-17(14)21)16(20)15-6-3-8-22-15/h2-6,8,10,14H,7,9H2,1H3. The first kappa shape index (κ1) is 15.0. The van der Waals surface area contributed by atoms with Gasteiger partial charge < -0.3 is 9.15 Å². The normalized spacial score (nSPS) is 16.9. The lowest BCUT2D eigenvalue weighted by Gasteiger charge is -2.26. The van der Waals surface area contributed by atoms with Gasteiger partial charge in [-0.15, -0.1) is 0 Å². The van der Waals surface area contributed by atoms with E-state index in [0.29, 0.717) is 17.7 Å². The molecule has 0 saturated carbocycles. The number of rotatable bonds is 4. The predicted octanol–water partition coefficient (Wildman–Crippen LogP) is 2.44. The molecule has 1 aliphatic rings. The van der Waals surface area contributed by atoms with Crippen LogP contribution in [0.2, 0.25) is 0 Å². The molecule has 0 spiro atoms. The molecule has 1 aromatic carbocycles. The summed E-state index contributed by atoms with van der Waals surface area (Å²) in [7, 11) is 0. The van der Waals surface area contributed by atoms with Gasteiger partial charge in [-0.1, -0.05) is 12.1 Å². The van der Waals surface area contributed by atoms with Crippen molar-refractivity contribution in [2.24, 2.45) is 0 Å². The van der Waals surface area contributed by atoms with E-state index >= 15 is 0 Å². The Labute approximate surface area is 132 Å². The molecular weight excluding hydrogens is 298 g/mol. The number of anilines is 1. The summed E-state index contributed by atoms with van der Waals surface area (Å²) in [5, 5.41) is 0. The number of benzene rings is 1. The first-order chi connectivity index (χ1) is 11.1. The number of carbonyl (C=O) groups excluding carboxylic acids is 3. The summed E-state index contributed by atoms with van der Waals surface area (Å²) in [5.74, 6) is -0.901. The van der Waals surface area contributed by atoms with Crippen molar-refractivity contribution in [3.63, 3.8) is 0 Å². The van der Waals surface area contributed by atoms with E-state index in [1.54, 1.807) is 30.3 Å². The van der Waals surface area contributed by atoms with Gasteiger partial charge in [0.25, 0.3) is 5.91 Å². The Balaban J connectivity index is 2.04. The second-order valence-electron chi connectivity index (χ2n) is 5.23. The summed E-state index contributed by atoms with van der Waals surface area (Å²) in [6.07, 6.45) is 1.79. The first-order valence-electron chi connectivity index (χ1n) is 7.22. The average molecular weight is 313 g/mol. The minimum atomic E-state index is -0.727. The summed E-state index contributed by atoms with van der Waals surface area (Å²) in [4.78, 5) is 37.7. The minimum Gasteiger partial charge on any atom is -0.464 e. The van der Waals surface area contributed by atoms with Gasteiger partial charge in [-0.2, -0.15) is 0 Å². The quantitative estimate of drug-likeness (QED) is 0.640. The number of cyclic esters (lactones) is 1. The topological polar surface area (TPSA) is 76.8 Å². The summed E-state index contributed by atoms with van der Waals surface area (Å²) in [5.41, 5.74) is 0.925. The zero-order valence-electron chi connectivity index (χ0n) is 12.5. The minimum absolute atomic E-state index is 0.119. The Morgan fingerprint density at radius 2 is 2.04 bits per heavy atom. The molecule has 0 radical (unpaired) electrons. The van der Waals surface area contributed by atoms with Gasteiger partial charge in [-0.25, -0.2) is 4.79 Å². The second kappa shape index (κ2) is 6.08. The molecule has 1 fully saturated rings. The number of nitrogens with zero attached hydrogens (tertiary/aromatic N) is 1. The zero-order chi connectivity index (χ0) is 16.4. The van der Waals surface area contributed by atoms with Crippen LogP contribution >= 0.6 is 0 Å². The lowest BCUT2D eigenvalue weighted by Crippen LogP contribution is -2.43. The number of amides is 1. The Kier molecular flexibility index (Phi) is 3.97. The van der Waals surface area contributed by atoms with Crippen molar-refractivity contribution < 1.29 is 23.5 Å². The van der Waals surface area contributed by atoms with Gasteiger partial charge in [-0.05, 0) is 31.2 Å². The molecule has 0 aliphatic carbocycles. The van der Waals surface area contributed by atoms with E-state index in [1.165, 1.54) is 24.2 Å². The first-order valence-corrected chi connectivity index (χ1v) is 7.22. The monoisotopic (exact) mass is 313 g/mol. The molecule has 2 heterocycles. The van der Waals surface area contributed by atoms with Crippen LogP contribution in [0.3, 0.4) is 0 Å².